The van der Waals surface area contributed by atoms with E-state index in [-0.39, 0.29) is 0 Å². The fourth-order valence-corrected chi connectivity index (χ4v) is 3.43. The molecule has 2 nitrogen and oxygen atoms in total. The van der Waals surface area contributed by atoms with Crippen LogP contribution in [0.4, 0.5) is 0 Å². The molecule has 0 amide bonds. The first kappa shape index (κ1) is 13.4. The summed E-state index contributed by atoms with van der Waals surface area (Å²) in [7, 11) is 0. The zero-order valence-corrected chi connectivity index (χ0v) is 12.3. The number of hydrogen-bond donors (Lipinski definition) is 1. The standard InChI is InChI=1S/C15H30N2/c1-6-14(4,7-2)17-11-15(5,13-8-9-13)16-10-12(17)3/h12-13,16H,6-11H2,1-5H3. The minimum absolute atomic E-state index is 0.373. The molecule has 2 atom stereocenters. The molecular formula is C15H30N2. The second kappa shape index (κ2) is 4.55. The largest absolute Gasteiger partial charge is 0.308 e. The van der Waals surface area contributed by atoms with Crippen molar-refractivity contribution in [1.29, 1.82) is 0 Å². The molecular weight excluding hydrogens is 208 g/mol. The van der Waals surface area contributed by atoms with Gasteiger partial charge in [0.05, 0.1) is 0 Å². The maximum Gasteiger partial charge on any atom is 0.0309 e. The predicted octanol–water partition coefficient (Wildman–Crippen LogP) is 3.03. The summed E-state index contributed by atoms with van der Waals surface area (Å²) in [5.74, 6) is 0.926. The van der Waals surface area contributed by atoms with Crippen LogP contribution in [0.5, 0.6) is 0 Å². The first-order valence-corrected chi connectivity index (χ1v) is 7.47. The second-order valence-corrected chi connectivity index (χ2v) is 6.75. The van der Waals surface area contributed by atoms with Crippen LogP contribution in [0.2, 0.25) is 0 Å². The molecule has 1 aliphatic heterocycles. The van der Waals surface area contributed by atoms with Gasteiger partial charge >= 0.3 is 0 Å². The minimum atomic E-state index is 0.373. The Morgan fingerprint density at radius 3 is 2.35 bits per heavy atom. The fourth-order valence-electron chi connectivity index (χ4n) is 3.43. The Hall–Kier alpha value is -0.0800. The zero-order valence-electron chi connectivity index (χ0n) is 12.3. The van der Waals surface area contributed by atoms with Crippen molar-refractivity contribution in [3.63, 3.8) is 0 Å². The Morgan fingerprint density at radius 2 is 1.88 bits per heavy atom. The molecule has 2 rings (SSSR count). The van der Waals surface area contributed by atoms with E-state index in [2.05, 4.69) is 44.8 Å². The summed E-state index contributed by atoms with van der Waals surface area (Å²) in [5, 5.41) is 3.82. The third-order valence-corrected chi connectivity index (χ3v) is 5.53. The highest BCUT2D eigenvalue weighted by Crippen LogP contribution is 2.43. The molecule has 0 spiro atoms. The van der Waals surface area contributed by atoms with Crippen LogP contribution in [0.3, 0.4) is 0 Å². The van der Waals surface area contributed by atoms with Gasteiger partial charge in [-0.3, -0.25) is 4.90 Å². The maximum atomic E-state index is 3.82. The Kier molecular flexibility index (Phi) is 3.57. The number of nitrogens with one attached hydrogen (secondary N) is 1. The molecule has 17 heavy (non-hydrogen) atoms. The molecule has 0 aromatic rings. The minimum Gasteiger partial charge on any atom is -0.308 e. The normalized spacial score (nSPS) is 36.2. The van der Waals surface area contributed by atoms with Gasteiger partial charge in [-0.1, -0.05) is 13.8 Å². The van der Waals surface area contributed by atoms with Gasteiger partial charge in [-0.25, -0.2) is 0 Å². The van der Waals surface area contributed by atoms with Crippen molar-refractivity contribution in [1.82, 2.24) is 10.2 Å². The Balaban J connectivity index is 2.14. The lowest BCUT2D eigenvalue weighted by Crippen LogP contribution is -2.67. The first-order valence-electron chi connectivity index (χ1n) is 7.47. The molecule has 1 N–H and O–H groups in total. The Morgan fingerprint density at radius 1 is 1.29 bits per heavy atom. The number of piperazine rings is 1. The van der Waals surface area contributed by atoms with Crippen molar-refractivity contribution >= 4 is 0 Å². The molecule has 0 bridgehead atoms. The van der Waals surface area contributed by atoms with Crippen LogP contribution in [0.1, 0.15) is 60.3 Å². The number of nitrogens with zero attached hydrogens (tertiary/aromatic N) is 1. The van der Waals surface area contributed by atoms with Gasteiger partial charge in [0, 0.05) is 30.2 Å². The zero-order chi connectivity index (χ0) is 12.7. The molecule has 0 aromatic carbocycles. The van der Waals surface area contributed by atoms with E-state index in [0.29, 0.717) is 17.1 Å². The van der Waals surface area contributed by atoms with E-state index >= 15 is 0 Å². The summed E-state index contributed by atoms with van der Waals surface area (Å²) in [5.41, 5.74) is 0.760. The van der Waals surface area contributed by atoms with Gasteiger partial charge in [0.15, 0.2) is 0 Å². The monoisotopic (exact) mass is 238 g/mol. The van der Waals surface area contributed by atoms with Crippen LogP contribution < -0.4 is 5.32 Å². The van der Waals surface area contributed by atoms with Gasteiger partial charge in [0.2, 0.25) is 0 Å². The molecule has 2 fully saturated rings. The summed E-state index contributed by atoms with van der Waals surface area (Å²) < 4.78 is 0. The molecule has 0 radical (unpaired) electrons. The smallest absolute Gasteiger partial charge is 0.0309 e. The van der Waals surface area contributed by atoms with Crippen LogP contribution in [-0.4, -0.2) is 35.1 Å². The molecule has 1 saturated heterocycles. The van der Waals surface area contributed by atoms with E-state index in [1.54, 1.807) is 0 Å². The van der Waals surface area contributed by atoms with E-state index in [4.69, 9.17) is 0 Å². The SMILES string of the molecule is CCC(C)(CC)N1CC(C)(C2CC2)NCC1C. The fraction of sp³-hybridized carbons (Fsp3) is 1.00. The van der Waals surface area contributed by atoms with Crippen molar-refractivity contribution < 1.29 is 0 Å². The number of rotatable bonds is 4. The van der Waals surface area contributed by atoms with Gasteiger partial charge < -0.3 is 5.32 Å². The third-order valence-electron chi connectivity index (χ3n) is 5.53. The first-order chi connectivity index (χ1) is 7.95. The highest BCUT2D eigenvalue weighted by molar-refractivity contribution is 5.06. The van der Waals surface area contributed by atoms with Crippen molar-refractivity contribution in [3.05, 3.63) is 0 Å². The quantitative estimate of drug-likeness (QED) is 0.810. The highest BCUT2D eigenvalue weighted by atomic mass is 15.3. The molecule has 0 aromatic heterocycles. The van der Waals surface area contributed by atoms with Crippen LogP contribution in [0.15, 0.2) is 0 Å². The van der Waals surface area contributed by atoms with Crippen molar-refractivity contribution in [2.45, 2.75) is 77.4 Å². The van der Waals surface area contributed by atoms with Gasteiger partial charge in [-0.05, 0) is 52.4 Å². The Bertz CT molecular complexity index is 268. The van der Waals surface area contributed by atoms with Gasteiger partial charge in [-0.2, -0.15) is 0 Å². The van der Waals surface area contributed by atoms with Crippen molar-refractivity contribution in [2.24, 2.45) is 5.92 Å². The second-order valence-electron chi connectivity index (χ2n) is 6.75. The summed E-state index contributed by atoms with van der Waals surface area (Å²) >= 11 is 0. The van der Waals surface area contributed by atoms with Crippen LogP contribution in [-0.2, 0) is 0 Å². The van der Waals surface area contributed by atoms with E-state index < -0.39 is 0 Å². The van der Waals surface area contributed by atoms with E-state index in [0.717, 1.165) is 12.5 Å². The van der Waals surface area contributed by atoms with Crippen molar-refractivity contribution in [3.8, 4) is 0 Å². The molecule has 1 heterocycles. The van der Waals surface area contributed by atoms with Gasteiger partial charge in [0.1, 0.15) is 0 Å². The lowest BCUT2D eigenvalue weighted by atomic mass is 9.84. The summed E-state index contributed by atoms with van der Waals surface area (Å²) in [4.78, 5) is 2.78. The Labute approximate surface area is 107 Å². The van der Waals surface area contributed by atoms with Crippen LogP contribution in [0, 0.1) is 5.92 Å². The summed E-state index contributed by atoms with van der Waals surface area (Å²) in [6.45, 7) is 14.3. The molecule has 1 saturated carbocycles. The summed E-state index contributed by atoms with van der Waals surface area (Å²) in [6, 6.07) is 0.673. The lowest BCUT2D eigenvalue weighted by molar-refractivity contribution is -0.00850. The van der Waals surface area contributed by atoms with Crippen LogP contribution >= 0.6 is 0 Å². The average molecular weight is 238 g/mol. The maximum absolute atomic E-state index is 3.82. The van der Waals surface area contributed by atoms with Gasteiger partial charge in [0.25, 0.3) is 0 Å². The van der Waals surface area contributed by atoms with Crippen molar-refractivity contribution in [2.75, 3.05) is 13.1 Å². The van der Waals surface area contributed by atoms with Gasteiger partial charge in [-0.15, -0.1) is 0 Å². The molecule has 100 valence electrons. The third kappa shape index (κ3) is 2.39. The molecule has 2 heteroatoms. The molecule has 2 unspecified atom stereocenters. The van der Waals surface area contributed by atoms with Crippen LogP contribution in [0.25, 0.3) is 0 Å². The van der Waals surface area contributed by atoms with E-state index in [9.17, 15) is 0 Å². The average Bonchev–Trinajstić information content (AvgIpc) is 3.16. The van der Waals surface area contributed by atoms with E-state index in [1.165, 1.54) is 32.2 Å². The lowest BCUT2D eigenvalue weighted by Gasteiger charge is -2.53. The molecule has 2 aliphatic rings. The summed E-state index contributed by atoms with van der Waals surface area (Å²) in [6.07, 6.45) is 5.38. The molecule has 1 aliphatic carbocycles. The number of hydrogen-bond acceptors (Lipinski definition) is 2. The van der Waals surface area contributed by atoms with E-state index in [1.807, 2.05) is 0 Å². The topological polar surface area (TPSA) is 15.3 Å². The predicted molar refractivity (Wildman–Crippen MR) is 74.3 cm³/mol. The highest BCUT2D eigenvalue weighted by Gasteiger charge is 2.48.